The molecule has 2 rings (SSSR count). The Morgan fingerprint density at radius 2 is 2.00 bits per heavy atom. The Balaban J connectivity index is 0.00000364. The minimum Gasteiger partial charge on any atom is -0.357 e. The van der Waals surface area contributed by atoms with Gasteiger partial charge < -0.3 is 20.1 Å². The van der Waals surface area contributed by atoms with Crippen LogP contribution in [0.25, 0.3) is 0 Å². The summed E-state index contributed by atoms with van der Waals surface area (Å²) in [6.07, 6.45) is 1.84. The SMILES string of the molecule is CCNC(=NCC(=O)Nc1ccc(F)cc1)N(C)Cc1cc(Cl)cn1C.I. The van der Waals surface area contributed by atoms with Crippen LogP contribution in [0.4, 0.5) is 10.1 Å². The molecule has 0 saturated carbocycles. The predicted octanol–water partition coefficient (Wildman–Crippen LogP) is 3.47. The van der Waals surface area contributed by atoms with Gasteiger partial charge in [0, 0.05) is 38.2 Å². The third-order valence-corrected chi connectivity index (χ3v) is 3.88. The van der Waals surface area contributed by atoms with Crippen molar-refractivity contribution >= 4 is 53.1 Å². The second-order valence-corrected chi connectivity index (χ2v) is 6.28. The van der Waals surface area contributed by atoms with Gasteiger partial charge in [0.05, 0.1) is 11.6 Å². The summed E-state index contributed by atoms with van der Waals surface area (Å²) in [6.45, 7) is 3.19. The van der Waals surface area contributed by atoms with Crippen molar-refractivity contribution in [3.05, 3.63) is 53.1 Å². The molecular weight excluding hydrogens is 484 g/mol. The molecule has 148 valence electrons. The molecule has 2 aromatic rings. The Hall–Kier alpha value is -1.81. The number of nitrogens with one attached hydrogen (secondary N) is 2. The number of nitrogens with zero attached hydrogens (tertiary/aromatic N) is 3. The van der Waals surface area contributed by atoms with Crippen molar-refractivity contribution in [2.45, 2.75) is 13.5 Å². The Morgan fingerprint density at radius 1 is 1.33 bits per heavy atom. The van der Waals surface area contributed by atoms with Crippen LogP contribution in [0.2, 0.25) is 5.02 Å². The summed E-state index contributed by atoms with van der Waals surface area (Å²) in [4.78, 5) is 18.3. The summed E-state index contributed by atoms with van der Waals surface area (Å²) in [6, 6.07) is 7.49. The summed E-state index contributed by atoms with van der Waals surface area (Å²) in [5, 5.41) is 6.52. The maximum atomic E-state index is 12.9. The fraction of sp³-hybridized carbons (Fsp3) is 0.333. The van der Waals surface area contributed by atoms with Gasteiger partial charge in [0.2, 0.25) is 5.91 Å². The molecule has 0 unspecified atom stereocenters. The van der Waals surface area contributed by atoms with E-state index in [9.17, 15) is 9.18 Å². The number of hydrogen-bond donors (Lipinski definition) is 2. The number of aliphatic imine (C=N–C) groups is 1. The fourth-order valence-corrected chi connectivity index (χ4v) is 2.66. The van der Waals surface area contributed by atoms with Crippen LogP contribution in [0, 0.1) is 5.82 Å². The summed E-state index contributed by atoms with van der Waals surface area (Å²) in [5.41, 5.74) is 1.56. The molecule has 0 spiro atoms. The third kappa shape index (κ3) is 7.37. The quantitative estimate of drug-likeness (QED) is 0.358. The van der Waals surface area contributed by atoms with E-state index in [1.54, 1.807) is 0 Å². The van der Waals surface area contributed by atoms with E-state index in [1.807, 2.05) is 42.7 Å². The summed E-state index contributed by atoms with van der Waals surface area (Å²) in [7, 11) is 3.82. The first-order valence-electron chi connectivity index (χ1n) is 8.24. The number of halogens is 3. The number of aryl methyl sites for hydroxylation is 1. The first-order valence-corrected chi connectivity index (χ1v) is 8.62. The molecule has 2 N–H and O–H groups in total. The highest BCUT2D eigenvalue weighted by Crippen LogP contribution is 2.14. The van der Waals surface area contributed by atoms with E-state index in [0.29, 0.717) is 29.8 Å². The van der Waals surface area contributed by atoms with Gasteiger partial charge in [-0.25, -0.2) is 9.38 Å². The number of benzene rings is 1. The van der Waals surface area contributed by atoms with Crippen LogP contribution in [-0.4, -0.2) is 41.5 Å². The summed E-state index contributed by atoms with van der Waals surface area (Å²) >= 11 is 6.02. The van der Waals surface area contributed by atoms with Gasteiger partial charge in [-0.2, -0.15) is 0 Å². The monoisotopic (exact) mass is 507 g/mol. The van der Waals surface area contributed by atoms with E-state index in [0.717, 1.165) is 5.69 Å². The molecule has 0 saturated heterocycles. The van der Waals surface area contributed by atoms with Crippen LogP contribution < -0.4 is 10.6 Å². The van der Waals surface area contributed by atoms with Gasteiger partial charge in [0.25, 0.3) is 0 Å². The van der Waals surface area contributed by atoms with Gasteiger partial charge in [-0.05, 0) is 37.3 Å². The molecule has 0 atom stereocenters. The maximum absolute atomic E-state index is 12.9. The Kier molecular flexibility index (Phi) is 9.57. The van der Waals surface area contributed by atoms with Crippen LogP contribution in [0.3, 0.4) is 0 Å². The van der Waals surface area contributed by atoms with Crippen LogP contribution in [-0.2, 0) is 18.4 Å². The summed E-state index contributed by atoms with van der Waals surface area (Å²) < 4.78 is 14.9. The molecule has 0 fully saturated rings. The van der Waals surface area contributed by atoms with Gasteiger partial charge in [-0.1, -0.05) is 11.6 Å². The highest BCUT2D eigenvalue weighted by atomic mass is 127. The number of rotatable bonds is 6. The molecule has 0 aliphatic heterocycles. The van der Waals surface area contributed by atoms with Crippen LogP contribution in [0.1, 0.15) is 12.6 Å². The van der Waals surface area contributed by atoms with Gasteiger partial charge in [-0.3, -0.25) is 4.79 Å². The Bertz CT molecular complexity index is 779. The van der Waals surface area contributed by atoms with Crippen molar-refractivity contribution < 1.29 is 9.18 Å². The number of guanidine groups is 1. The molecule has 9 heteroatoms. The molecule has 27 heavy (non-hydrogen) atoms. The number of carbonyl (C=O) groups excluding carboxylic acids is 1. The predicted molar refractivity (Wildman–Crippen MR) is 118 cm³/mol. The average molecular weight is 508 g/mol. The lowest BCUT2D eigenvalue weighted by Crippen LogP contribution is -2.39. The zero-order valence-corrected chi connectivity index (χ0v) is 18.6. The van der Waals surface area contributed by atoms with E-state index in [1.165, 1.54) is 24.3 Å². The third-order valence-electron chi connectivity index (χ3n) is 3.67. The zero-order chi connectivity index (χ0) is 19.1. The lowest BCUT2D eigenvalue weighted by atomic mass is 10.3. The topological polar surface area (TPSA) is 61.7 Å². The van der Waals surface area contributed by atoms with Crippen molar-refractivity contribution in [1.82, 2.24) is 14.8 Å². The normalized spacial score (nSPS) is 10.9. The van der Waals surface area contributed by atoms with Crippen LogP contribution in [0.15, 0.2) is 41.5 Å². The minimum absolute atomic E-state index is 0. The second kappa shape index (κ2) is 11.1. The van der Waals surface area contributed by atoms with Gasteiger partial charge >= 0.3 is 0 Å². The first kappa shape index (κ1) is 23.2. The highest BCUT2D eigenvalue weighted by Gasteiger charge is 2.11. The van der Waals surface area contributed by atoms with Crippen molar-refractivity contribution in [3.63, 3.8) is 0 Å². The lowest BCUT2D eigenvalue weighted by Gasteiger charge is -2.22. The van der Waals surface area contributed by atoms with E-state index in [2.05, 4.69) is 15.6 Å². The second-order valence-electron chi connectivity index (χ2n) is 5.84. The van der Waals surface area contributed by atoms with Crippen molar-refractivity contribution in [2.75, 3.05) is 25.5 Å². The van der Waals surface area contributed by atoms with Gasteiger partial charge in [-0.15, -0.1) is 24.0 Å². The molecule has 0 radical (unpaired) electrons. The average Bonchev–Trinajstić information content (AvgIpc) is 2.90. The van der Waals surface area contributed by atoms with Crippen molar-refractivity contribution in [2.24, 2.45) is 12.0 Å². The molecule has 1 heterocycles. The Morgan fingerprint density at radius 3 is 2.56 bits per heavy atom. The molecule has 1 aromatic carbocycles. The van der Waals surface area contributed by atoms with E-state index >= 15 is 0 Å². The number of aromatic nitrogens is 1. The first-order chi connectivity index (χ1) is 12.4. The van der Waals surface area contributed by atoms with Gasteiger partial charge in [0.15, 0.2) is 5.96 Å². The smallest absolute Gasteiger partial charge is 0.246 e. The molecule has 1 amide bonds. The van der Waals surface area contributed by atoms with Crippen LogP contribution in [0.5, 0.6) is 0 Å². The maximum Gasteiger partial charge on any atom is 0.246 e. The number of hydrogen-bond acceptors (Lipinski definition) is 2. The highest BCUT2D eigenvalue weighted by molar-refractivity contribution is 14.0. The minimum atomic E-state index is -0.349. The Labute approximate surface area is 180 Å². The molecule has 0 aliphatic carbocycles. The van der Waals surface area contributed by atoms with E-state index in [-0.39, 0.29) is 42.2 Å². The molecule has 0 bridgehead atoms. The number of anilines is 1. The zero-order valence-electron chi connectivity index (χ0n) is 15.5. The lowest BCUT2D eigenvalue weighted by molar-refractivity contribution is -0.114. The van der Waals surface area contributed by atoms with Gasteiger partial charge in [0.1, 0.15) is 12.4 Å². The molecule has 0 aliphatic rings. The molecule has 6 nitrogen and oxygen atoms in total. The van der Waals surface area contributed by atoms with E-state index < -0.39 is 0 Å². The van der Waals surface area contributed by atoms with E-state index in [4.69, 9.17) is 11.6 Å². The standard InChI is InChI=1S/C18H23ClFN5O.HI/c1-4-21-18(25(3)12-16-9-13(19)11-24(16)2)22-10-17(26)23-15-7-5-14(20)6-8-15;/h5-9,11H,4,10,12H2,1-3H3,(H,21,22)(H,23,26);1H. The molecule has 1 aromatic heterocycles. The number of carbonyl (C=O) groups is 1. The fourth-order valence-electron chi connectivity index (χ4n) is 2.39. The largest absolute Gasteiger partial charge is 0.357 e. The van der Waals surface area contributed by atoms with Crippen LogP contribution >= 0.6 is 35.6 Å². The number of amides is 1. The van der Waals surface area contributed by atoms with Crippen molar-refractivity contribution in [3.8, 4) is 0 Å². The van der Waals surface area contributed by atoms with Crippen molar-refractivity contribution in [1.29, 1.82) is 0 Å². The summed E-state index contributed by atoms with van der Waals surface area (Å²) in [5.74, 6) is -0.0146. The molecular formula is C18H24ClFIN5O.